The molecule has 0 atom stereocenters. The van der Waals surface area contributed by atoms with E-state index in [1.54, 1.807) is 0 Å². The summed E-state index contributed by atoms with van der Waals surface area (Å²) in [4.78, 5) is 24.7. The van der Waals surface area contributed by atoms with E-state index in [4.69, 9.17) is 19.8 Å². The Hall–Kier alpha value is -3.62. The van der Waals surface area contributed by atoms with Crippen LogP contribution in [0.25, 0.3) is 5.65 Å². The Balaban J connectivity index is 0.000000343. The first-order valence-electron chi connectivity index (χ1n) is 9.24. The van der Waals surface area contributed by atoms with E-state index in [1.165, 1.54) is 5.69 Å². The van der Waals surface area contributed by atoms with E-state index in [0.29, 0.717) is 0 Å². The number of pyridine rings is 1. The first-order valence-corrected chi connectivity index (χ1v) is 9.24. The summed E-state index contributed by atoms with van der Waals surface area (Å²) in [5.74, 6) is -5.51. The Labute approximate surface area is 188 Å². The van der Waals surface area contributed by atoms with Crippen molar-refractivity contribution in [3.63, 3.8) is 0 Å². The molecule has 3 aromatic heterocycles. The van der Waals surface area contributed by atoms with E-state index >= 15 is 0 Å². The number of nitrogens with one attached hydrogen (secondary N) is 1. The van der Waals surface area contributed by atoms with Crippen LogP contribution >= 0.6 is 0 Å². The number of carboxylic acids is 2. The van der Waals surface area contributed by atoms with Crippen molar-refractivity contribution in [2.24, 2.45) is 0 Å². The van der Waals surface area contributed by atoms with E-state index in [9.17, 15) is 26.3 Å². The van der Waals surface area contributed by atoms with Gasteiger partial charge in [-0.05, 0) is 39.1 Å². The average molecular weight is 497 g/mol. The molecule has 0 aliphatic heterocycles. The fraction of sp³-hybridized carbons (Fsp3) is 0.368. The van der Waals surface area contributed by atoms with Crippen LogP contribution in [0, 0.1) is 13.8 Å². The lowest BCUT2D eigenvalue weighted by Gasteiger charge is -2.12. The number of H-pyrrole nitrogens is 1. The Morgan fingerprint density at radius 2 is 1.50 bits per heavy atom. The second-order valence-electron chi connectivity index (χ2n) is 6.95. The molecule has 0 spiro atoms. The zero-order valence-electron chi connectivity index (χ0n) is 18.1. The number of aromatic amines is 1. The highest BCUT2D eigenvalue weighted by atomic mass is 19.4. The highest BCUT2D eigenvalue weighted by molar-refractivity contribution is 5.73. The predicted octanol–water partition coefficient (Wildman–Crippen LogP) is 3.57. The molecule has 3 N–H and O–H groups in total. The van der Waals surface area contributed by atoms with Gasteiger partial charge in [-0.1, -0.05) is 6.07 Å². The number of hydrogen-bond donors (Lipinski definition) is 3. The molecule has 3 heterocycles. The third-order valence-corrected chi connectivity index (χ3v) is 3.85. The first-order chi connectivity index (χ1) is 15.5. The quantitative estimate of drug-likeness (QED) is 0.471. The van der Waals surface area contributed by atoms with Crippen LogP contribution in [0.2, 0.25) is 0 Å². The molecular weight excluding hydrogens is 476 g/mol. The van der Waals surface area contributed by atoms with E-state index in [0.717, 1.165) is 35.8 Å². The molecule has 0 fully saturated rings. The summed E-state index contributed by atoms with van der Waals surface area (Å²) in [5, 5.41) is 21.5. The number of rotatable bonds is 4. The number of aryl methyl sites for hydroxylation is 2. The van der Waals surface area contributed by atoms with Crippen molar-refractivity contribution in [3.05, 3.63) is 53.2 Å². The topological polar surface area (TPSA) is 124 Å². The Morgan fingerprint density at radius 3 is 1.91 bits per heavy atom. The van der Waals surface area contributed by atoms with Gasteiger partial charge in [-0.15, -0.1) is 0 Å². The van der Waals surface area contributed by atoms with E-state index in [-0.39, 0.29) is 0 Å². The molecule has 0 radical (unpaired) electrons. The van der Waals surface area contributed by atoms with Gasteiger partial charge in [0, 0.05) is 30.7 Å². The maximum atomic E-state index is 10.6. The van der Waals surface area contributed by atoms with Crippen molar-refractivity contribution in [3.8, 4) is 0 Å². The normalized spacial score (nSPS) is 11.5. The van der Waals surface area contributed by atoms with Gasteiger partial charge in [0.1, 0.15) is 5.65 Å². The van der Waals surface area contributed by atoms with Gasteiger partial charge in [0.05, 0.1) is 11.4 Å². The van der Waals surface area contributed by atoms with Crippen molar-refractivity contribution < 1.29 is 46.1 Å². The highest BCUT2D eigenvalue weighted by Gasteiger charge is 2.38. The predicted molar refractivity (Wildman–Crippen MR) is 106 cm³/mol. The van der Waals surface area contributed by atoms with Gasteiger partial charge in [0.25, 0.3) is 0 Å². The monoisotopic (exact) mass is 497 g/mol. The molecule has 3 aromatic rings. The smallest absolute Gasteiger partial charge is 0.475 e. The molecule has 0 unspecified atom stereocenters. The van der Waals surface area contributed by atoms with Gasteiger partial charge in [-0.3, -0.25) is 10.00 Å². The first kappa shape index (κ1) is 28.4. The Morgan fingerprint density at radius 1 is 1.00 bits per heavy atom. The highest BCUT2D eigenvalue weighted by Crippen LogP contribution is 2.14. The average Bonchev–Trinajstić information content (AvgIpc) is 3.27. The molecular formula is C19H21F6N5O4. The number of carbonyl (C=O) groups is 2. The summed E-state index contributed by atoms with van der Waals surface area (Å²) in [7, 11) is 2.08. The second-order valence-corrected chi connectivity index (χ2v) is 6.95. The molecule has 0 saturated carbocycles. The largest absolute Gasteiger partial charge is 0.490 e. The summed E-state index contributed by atoms with van der Waals surface area (Å²) in [6.45, 7) is 5.74. The van der Waals surface area contributed by atoms with Crippen LogP contribution in [0.5, 0.6) is 0 Å². The van der Waals surface area contributed by atoms with Crippen LogP contribution in [0.15, 0.2) is 30.5 Å². The molecule has 0 saturated heterocycles. The number of hydrogen-bond acceptors (Lipinski definition) is 5. The number of alkyl halides is 6. The van der Waals surface area contributed by atoms with Gasteiger partial charge in [0.15, 0.2) is 0 Å². The van der Waals surface area contributed by atoms with E-state index in [1.807, 2.05) is 19.1 Å². The summed E-state index contributed by atoms with van der Waals surface area (Å²) >= 11 is 0. The van der Waals surface area contributed by atoms with Crippen molar-refractivity contribution in [1.82, 2.24) is 24.5 Å². The van der Waals surface area contributed by atoms with Gasteiger partial charge in [-0.25, -0.2) is 14.6 Å². The van der Waals surface area contributed by atoms with Crippen molar-refractivity contribution in [1.29, 1.82) is 0 Å². The number of carboxylic acid groups (broad SMARTS) is 2. The minimum Gasteiger partial charge on any atom is -0.475 e. The van der Waals surface area contributed by atoms with Crippen molar-refractivity contribution >= 4 is 17.6 Å². The van der Waals surface area contributed by atoms with Crippen molar-refractivity contribution in [2.75, 3.05) is 7.05 Å². The number of halogens is 6. The Kier molecular flexibility index (Phi) is 9.60. The number of nitrogens with zero attached hydrogens (tertiary/aromatic N) is 4. The number of fused-ring (bicyclic) bond motifs is 1. The standard InChI is InChI=1S/C15H19N5.2C2HF3O2/c1-11-7-13(18-17-11)8-19(3)9-14-10-20-12(2)5-4-6-15(20)16-14;2*3-2(4,5)1(6)7/h4-7,10H,8-9H2,1-3H3,(H,17,18);2*(H,6,7). The molecule has 0 bridgehead atoms. The maximum Gasteiger partial charge on any atom is 0.490 e. The van der Waals surface area contributed by atoms with Crippen LogP contribution < -0.4 is 0 Å². The summed E-state index contributed by atoms with van der Waals surface area (Å²) in [6.07, 6.45) is -8.06. The third-order valence-electron chi connectivity index (χ3n) is 3.85. The molecule has 188 valence electrons. The van der Waals surface area contributed by atoms with Crippen molar-refractivity contribution in [2.45, 2.75) is 39.3 Å². The van der Waals surface area contributed by atoms with E-state index in [2.05, 4.69) is 56.8 Å². The van der Waals surface area contributed by atoms with Gasteiger partial charge in [0.2, 0.25) is 0 Å². The van der Waals surface area contributed by atoms with Crippen LogP contribution in [0.3, 0.4) is 0 Å². The molecule has 3 rings (SSSR count). The SMILES string of the molecule is Cc1cc(CN(C)Cc2cn3c(C)cccc3n2)n[nH]1.O=C(O)C(F)(F)F.O=C(O)C(F)(F)F. The summed E-state index contributed by atoms with van der Waals surface area (Å²) in [6, 6.07) is 8.24. The lowest BCUT2D eigenvalue weighted by atomic mass is 10.3. The summed E-state index contributed by atoms with van der Waals surface area (Å²) < 4.78 is 65.6. The lowest BCUT2D eigenvalue weighted by Crippen LogP contribution is -2.21. The molecule has 34 heavy (non-hydrogen) atoms. The van der Waals surface area contributed by atoms with Crippen LogP contribution in [-0.4, -0.2) is 66.0 Å². The molecule has 9 nitrogen and oxygen atoms in total. The number of aromatic nitrogens is 4. The Bertz CT molecular complexity index is 1080. The molecule has 0 aliphatic rings. The van der Waals surface area contributed by atoms with Crippen LogP contribution in [0.1, 0.15) is 22.8 Å². The third kappa shape index (κ3) is 9.48. The van der Waals surface area contributed by atoms with Crippen LogP contribution in [0.4, 0.5) is 26.3 Å². The molecule has 15 heteroatoms. The number of imidazole rings is 1. The van der Waals surface area contributed by atoms with E-state index < -0.39 is 24.3 Å². The maximum absolute atomic E-state index is 10.6. The molecule has 0 aromatic carbocycles. The zero-order chi connectivity index (χ0) is 26.3. The fourth-order valence-corrected chi connectivity index (χ4v) is 2.44. The molecule has 0 aliphatic carbocycles. The lowest BCUT2D eigenvalue weighted by molar-refractivity contribution is -0.193. The number of aliphatic carboxylic acids is 2. The van der Waals surface area contributed by atoms with Crippen LogP contribution in [-0.2, 0) is 22.7 Å². The molecule has 0 amide bonds. The summed E-state index contributed by atoms with van der Waals surface area (Å²) in [5.41, 5.74) is 5.44. The minimum absolute atomic E-state index is 0.813. The van der Waals surface area contributed by atoms with Gasteiger partial charge >= 0.3 is 24.3 Å². The van der Waals surface area contributed by atoms with Gasteiger partial charge in [-0.2, -0.15) is 31.4 Å². The fourth-order valence-electron chi connectivity index (χ4n) is 2.44. The second kappa shape index (κ2) is 11.5. The van der Waals surface area contributed by atoms with Gasteiger partial charge < -0.3 is 14.6 Å². The minimum atomic E-state index is -5.08. The zero-order valence-corrected chi connectivity index (χ0v) is 18.1.